The molecule has 4 N–H and O–H groups in total. The van der Waals surface area contributed by atoms with Gasteiger partial charge in [-0.1, -0.05) is 0 Å². The van der Waals surface area contributed by atoms with Crippen LogP contribution in [-0.4, -0.2) is 20.1 Å². The Morgan fingerprint density at radius 2 is 2.22 bits per heavy atom. The molecule has 0 aromatic heterocycles. The minimum Gasteiger partial charge on any atom is -0.393 e. The Hall–Kier alpha value is -0.700. The highest BCUT2D eigenvalue weighted by Gasteiger charge is 1.76. The summed E-state index contributed by atoms with van der Waals surface area (Å²) in [6, 6.07) is 0. The smallest absolute Gasteiger partial charge is 0.0153 e. The summed E-state index contributed by atoms with van der Waals surface area (Å²) in [5.74, 6) is 0. The van der Waals surface area contributed by atoms with Gasteiger partial charge in [0.05, 0.1) is 0 Å². The quantitative estimate of drug-likeness (QED) is 0.443. The van der Waals surface area contributed by atoms with Crippen molar-refractivity contribution in [3.05, 3.63) is 12.4 Å². The summed E-state index contributed by atoms with van der Waals surface area (Å²) < 4.78 is 0. The van der Waals surface area contributed by atoms with Gasteiger partial charge in [-0.25, -0.2) is 0 Å². The first-order valence-corrected chi connectivity index (χ1v) is 3.17. The molecule has 9 heavy (non-hydrogen) atoms. The van der Waals surface area contributed by atoms with Gasteiger partial charge >= 0.3 is 0 Å². The van der Waals surface area contributed by atoms with Gasteiger partial charge in [-0.3, -0.25) is 0 Å². The summed E-state index contributed by atoms with van der Waals surface area (Å²) in [7, 11) is 1.86. The van der Waals surface area contributed by atoms with Crippen LogP contribution in [0.15, 0.2) is 12.4 Å². The van der Waals surface area contributed by atoms with E-state index in [2.05, 4.69) is 10.6 Å². The molecule has 0 aliphatic heterocycles. The highest BCUT2D eigenvalue weighted by atomic mass is 14.9. The van der Waals surface area contributed by atoms with Gasteiger partial charge < -0.3 is 16.4 Å². The molecule has 0 amide bonds. The molecule has 3 nitrogen and oxygen atoms in total. The van der Waals surface area contributed by atoms with Gasteiger partial charge in [0.25, 0.3) is 0 Å². The fourth-order valence-electron chi connectivity index (χ4n) is 0.430. The summed E-state index contributed by atoms with van der Waals surface area (Å²) in [6.07, 6.45) is 4.74. The number of nitrogens with one attached hydrogen (secondary N) is 2. The lowest BCUT2D eigenvalue weighted by Gasteiger charge is -1.95. The van der Waals surface area contributed by atoms with Crippen LogP contribution in [-0.2, 0) is 0 Å². The minimum atomic E-state index is 0.750. The van der Waals surface area contributed by atoms with E-state index in [0.717, 1.165) is 19.5 Å². The molecule has 3 heteroatoms. The highest BCUT2D eigenvalue weighted by molar-refractivity contribution is 4.74. The van der Waals surface area contributed by atoms with Crippen molar-refractivity contribution < 1.29 is 0 Å². The molecular formula is C6H15N3. The monoisotopic (exact) mass is 129 g/mol. The first-order valence-electron chi connectivity index (χ1n) is 3.17. The predicted molar refractivity (Wildman–Crippen MR) is 39.9 cm³/mol. The van der Waals surface area contributed by atoms with Crippen molar-refractivity contribution >= 4 is 0 Å². The van der Waals surface area contributed by atoms with E-state index < -0.39 is 0 Å². The fourth-order valence-corrected chi connectivity index (χ4v) is 0.430. The van der Waals surface area contributed by atoms with Gasteiger partial charge in [-0.15, -0.1) is 0 Å². The maximum atomic E-state index is 5.26. The molecule has 0 atom stereocenters. The van der Waals surface area contributed by atoms with Gasteiger partial charge in [0.15, 0.2) is 0 Å². The summed E-state index contributed by atoms with van der Waals surface area (Å²) in [5.41, 5.74) is 5.26. The second-order valence-corrected chi connectivity index (χ2v) is 1.72. The summed E-state index contributed by atoms with van der Waals surface area (Å²) in [6.45, 7) is 1.70. The van der Waals surface area contributed by atoms with E-state index in [4.69, 9.17) is 5.73 Å². The number of rotatable bonds is 5. The fraction of sp³-hybridized carbons (Fsp3) is 0.667. The number of hydrogen-bond donors (Lipinski definition) is 3. The molecule has 0 radical (unpaired) electrons. The summed E-state index contributed by atoms with van der Waals surface area (Å²) >= 11 is 0. The van der Waals surface area contributed by atoms with Gasteiger partial charge in [0.1, 0.15) is 0 Å². The second kappa shape index (κ2) is 7.30. The van der Waals surface area contributed by atoms with Crippen LogP contribution in [0.2, 0.25) is 0 Å². The molecule has 0 bridgehead atoms. The van der Waals surface area contributed by atoms with Crippen LogP contribution in [0.4, 0.5) is 0 Å². The molecule has 0 aliphatic carbocycles. The van der Waals surface area contributed by atoms with E-state index in [-0.39, 0.29) is 0 Å². The van der Waals surface area contributed by atoms with Crippen LogP contribution in [0, 0.1) is 0 Å². The zero-order valence-electron chi connectivity index (χ0n) is 5.85. The largest absolute Gasteiger partial charge is 0.393 e. The van der Waals surface area contributed by atoms with Crippen LogP contribution in [0.1, 0.15) is 6.42 Å². The zero-order chi connectivity index (χ0) is 6.95. The molecule has 0 aromatic rings. The predicted octanol–water partition coefficient (Wildman–Crippen LogP) is -0.385. The lowest BCUT2D eigenvalue weighted by Crippen LogP contribution is -2.12. The molecule has 0 heterocycles. The van der Waals surface area contributed by atoms with Crippen LogP contribution >= 0.6 is 0 Å². The molecule has 0 saturated heterocycles. The SMILES string of the molecule is CN/C=C\NCCCN. The van der Waals surface area contributed by atoms with E-state index in [9.17, 15) is 0 Å². The molecule has 0 spiro atoms. The third-order valence-electron chi connectivity index (χ3n) is 0.893. The first-order chi connectivity index (χ1) is 4.41. The van der Waals surface area contributed by atoms with E-state index in [1.54, 1.807) is 0 Å². The van der Waals surface area contributed by atoms with E-state index in [1.807, 2.05) is 19.4 Å². The summed E-state index contributed by atoms with van der Waals surface area (Å²) in [4.78, 5) is 0. The van der Waals surface area contributed by atoms with Crippen LogP contribution in [0.5, 0.6) is 0 Å². The maximum Gasteiger partial charge on any atom is 0.0153 e. The molecule has 0 fully saturated rings. The van der Waals surface area contributed by atoms with Gasteiger partial charge in [-0.2, -0.15) is 0 Å². The molecule has 0 rings (SSSR count). The topological polar surface area (TPSA) is 50.1 Å². The van der Waals surface area contributed by atoms with Crippen molar-refractivity contribution in [1.29, 1.82) is 0 Å². The van der Waals surface area contributed by atoms with Crippen molar-refractivity contribution in [2.24, 2.45) is 5.73 Å². The lowest BCUT2D eigenvalue weighted by molar-refractivity contribution is 0.758. The highest BCUT2D eigenvalue weighted by Crippen LogP contribution is 1.68. The van der Waals surface area contributed by atoms with Crippen molar-refractivity contribution in [2.75, 3.05) is 20.1 Å². The molecule has 0 aliphatic rings. The van der Waals surface area contributed by atoms with Crippen molar-refractivity contribution in [3.63, 3.8) is 0 Å². The standard InChI is InChI=1S/C6H15N3/c1-8-5-6-9-4-2-3-7/h5-6,8-9H,2-4,7H2,1H3/b6-5-. The van der Waals surface area contributed by atoms with Crippen LogP contribution < -0.4 is 16.4 Å². The third-order valence-corrected chi connectivity index (χ3v) is 0.893. The van der Waals surface area contributed by atoms with Crippen molar-refractivity contribution in [1.82, 2.24) is 10.6 Å². The van der Waals surface area contributed by atoms with Gasteiger partial charge in [0, 0.05) is 26.0 Å². The lowest BCUT2D eigenvalue weighted by atomic mass is 10.4. The molecule has 0 unspecified atom stereocenters. The number of hydrogen-bond acceptors (Lipinski definition) is 3. The Bertz CT molecular complexity index is 70.7. The average molecular weight is 129 g/mol. The van der Waals surface area contributed by atoms with Crippen molar-refractivity contribution in [2.45, 2.75) is 6.42 Å². The maximum absolute atomic E-state index is 5.26. The van der Waals surface area contributed by atoms with E-state index in [0.29, 0.717) is 0 Å². The molecule has 0 aromatic carbocycles. The molecule has 54 valence electrons. The van der Waals surface area contributed by atoms with Crippen LogP contribution in [0.3, 0.4) is 0 Å². The van der Waals surface area contributed by atoms with Gasteiger partial charge in [0.2, 0.25) is 0 Å². The van der Waals surface area contributed by atoms with E-state index in [1.165, 1.54) is 0 Å². The molecule has 0 saturated carbocycles. The van der Waals surface area contributed by atoms with Crippen molar-refractivity contribution in [3.8, 4) is 0 Å². The first kappa shape index (κ1) is 8.30. The Morgan fingerprint density at radius 3 is 2.78 bits per heavy atom. The average Bonchev–Trinajstić information content (AvgIpc) is 1.89. The molecular weight excluding hydrogens is 114 g/mol. The second-order valence-electron chi connectivity index (χ2n) is 1.72. The Balaban J connectivity index is 2.82. The normalized spacial score (nSPS) is 10.0. The van der Waals surface area contributed by atoms with Gasteiger partial charge in [-0.05, 0) is 13.0 Å². The third kappa shape index (κ3) is 7.30. The van der Waals surface area contributed by atoms with Crippen LogP contribution in [0.25, 0.3) is 0 Å². The summed E-state index contributed by atoms with van der Waals surface area (Å²) in [5, 5.41) is 5.93. The zero-order valence-corrected chi connectivity index (χ0v) is 5.85. The Morgan fingerprint density at radius 1 is 1.44 bits per heavy atom. The minimum absolute atomic E-state index is 0.750. The Kier molecular flexibility index (Phi) is 6.73. The number of nitrogens with two attached hydrogens (primary N) is 1. The Labute approximate surface area is 56.3 Å². The van der Waals surface area contributed by atoms with E-state index >= 15 is 0 Å².